The lowest BCUT2D eigenvalue weighted by Gasteiger charge is -2.09. The van der Waals surface area contributed by atoms with Crippen LogP contribution in [-0.4, -0.2) is 0 Å². The number of nitrogens with two attached hydrogens (primary N) is 1. The molecule has 0 saturated carbocycles. The van der Waals surface area contributed by atoms with E-state index in [4.69, 9.17) is 15.7 Å². The summed E-state index contributed by atoms with van der Waals surface area (Å²) in [5.74, 6) is 0.606. The molecular weight excluding hydrogens is 224 g/mol. The summed E-state index contributed by atoms with van der Waals surface area (Å²) in [7, 11) is 0. The fourth-order valence-corrected chi connectivity index (χ4v) is 1.59. The summed E-state index contributed by atoms with van der Waals surface area (Å²) in [6.07, 6.45) is 0. The fraction of sp³-hybridized carbons (Fsp3) is 0.133. The topological polar surface area (TPSA) is 59.0 Å². The Bertz CT molecular complexity index is 582. The lowest BCUT2D eigenvalue weighted by molar-refractivity contribution is 0.308. The number of anilines is 1. The van der Waals surface area contributed by atoms with Gasteiger partial charge in [-0.1, -0.05) is 29.8 Å². The fourth-order valence-electron chi connectivity index (χ4n) is 1.59. The quantitative estimate of drug-likeness (QED) is 0.836. The van der Waals surface area contributed by atoms with Crippen molar-refractivity contribution >= 4 is 5.69 Å². The first-order valence-corrected chi connectivity index (χ1v) is 5.67. The Hall–Kier alpha value is -2.47. The van der Waals surface area contributed by atoms with E-state index in [1.54, 1.807) is 18.2 Å². The van der Waals surface area contributed by atoms with Crippen LogP contribution in [0, 0.1) is 18.3 Å². The zero-order valence-electron chi connectivity index (χ0n) is 10.2. The lowest BCUT2D eigenvalue weighted by Crippen LogP contribution is -1.99. The molecule has 0 bridgehead atoms. The van der Waals surface area contributed by atoms with Crippen LogP contribution in [0.4, 0.5) is 5.69 Å². The summed E-state index contributed by atoms with van der Waals surface area (Å²) in [4.78, 5) is 0. The molecule has 0 radical (unpaired) electrons. The molecule has 0 aromatic heterocycles. The highest BCUT2D eigenvalue weighted by atomic mass is 16.5. The number of hydrogen-bond donors (Lipinski definition) is 1. The molecule has 0 spiro atoms. The summed E-state index contributed by atoms with van der Waals surface area (Å²) in [6, 6.07) is 15.2. The first-order chi connectivity index (χ1) is 8.69. The van der Waals surface area contributed by atoms with Gasteiger partial charge in [-0.05, 0) is 30.7 Å². The average molecular weight is 238 g/mol. The highest BCUT2D eigenvalue weighted by Crippen LogP contribution is 2.23. The van der Waals surface area contributed by atoms with Crippen molar-refractivity contribution in [3.8, 4) is 11.8 Å². The van der Waals surface area contributed by atoms with E-state index < -0.39 is 0 Å². The third kappa shape index (κ3) is 2.80. The molecule has 0 aliphatic carbocycles. The smallest absolute Gasteiger partial charge is 0.142 e. The van der Waals surface area contributed by atoms with E-state index in [0.717, 1.165) is 5.56 Å². The maximum Gasteiger partial charge on any atom is 0.142 e. The molecule has 2 rings (SSSR count). The minimum absolute atomic E-state index is 0.469. The summed E-state index contributed by atoms with van der Waals surface area (Å²) < 4.78 is 5.63. The second kappa shape index (κ2) is 5.24. The van der Waals surface area contributed by atoms with Crippen molar-refractivity contribution in [3.05, 3.63) is 59.2 Å². The Morgan fingerprint density at radius 3 is 2.50 bits per heavy atom. The predicted octanol–water partition coefficient (Wildman–Crippen LogP) is 3.03. The summed E-state index contributed by atoms with van der Waals surface area (Å²) in [6.45, 7) is 2.51. The number of rotatable bonds is 3. The Morgan fingerprint density at radius 1 is 1.17 bits per heavy atom. The highest BCUT2D eigenvalue weighted by Gasteiger charge is 2.02. The molecule has 0 fully saturated rings. The van der Waals surface area contributed by atoms with Gasteiger partial charge in [-0.25, -0.2) is 0 Å². The largest absolute Gasteiger partial charge is 0.487 e. The molecule has 3 nitrogen and oxygen atoms in total. The third-order valence-electron chi connectivity index (χ3n) is 2.65. The van der Waals surface area contributed by atoms with Crippen LogP contribution in [-0.2, 0) is 6.61 Å². The third-order valence-corrected chi connectivity index (χ3v) is 2.65. The van der Waals surface area contributed by atoms with Crippen molar-refractivity contribution in [2.24, 2.45) is 0 Å². The first-order valence-electron chi connectivity index (χ1n) is 5.67. The monoisotopic (exact) mass is 238 g/mol. The number of aryl methyl sites for hydroxylation is 1. The Morgan fingerprint density at radius 2 is 1.89 bits per heavy atom. The van der Waals surface area contributed by atoms with E-state index in [2.05, 4.69) is 0 Å². The number of nitrogen functional groups attached to an aromatic ring is 1. The summed E-state index contributed by atoms with van der Waals surface area (Å²) >= 11 is 0. The van der Waals surface area contributed by atoms with Gasteiger partial charge in [0.25, 0.3) is 0 Å². The number of nitrogens with zero attached hydrogens (tertiary/aromatic N) is 1. The number of ether oxygens (including phenoxy) is 1. The van der Waals surface area contributed by atoms with Crippen molar-refractivity contribution in [1.29, 1.82) is 5.26 Å². The molecule has 0 aliphatic rings. The SMILES string of the molecule is Cc1ccc(COc2ccc(C#N)cc2N)cc1. The zero-order chi connectivity index (χ0) is 13.0. The van der Waals surface area contributed by atoms with Crippen LogP contribution in [0.3, 0.4) is 0 Å². The van der Waals surface area contributed by atoms with Crippen LogP contribution >= 0.6 is 0 Å². The van der Waals surface area contributed by atoms with E-state index in [0.29, 0.717) is 23.6 Å². The molecule has 2 N–H and O–H groups in total. The molecule has 0 atom stereocenters. The minimum atomic E-state index is 0.469. The van der Waals surface area contributed by atoms with E-state index in [1.165, 1.54) is 5.56 Å². The van der Waals surface area contributed by atoms with Crippen LogP contribution in [0.1, 0.15) is 16.7 Å². The van der Waals surface area contributed by atoms with Crippen LogP contribution in [0.2, 0.25) is 0 Å². The lowest BCUT2D eigenvalue weighted by atomic mass is 10.1. The normalized spacial score (nSPS) is 9.78. The van der Waals surface area contributed by atoms with Crippen LogP contribution in [0.25, 0.3) is 0 Å². The van der Waals surface area contributed by atoms with Gasteiger partial charge in [-0.15, -0.1) is 0 Å². The molecule has 3 heteroatoms. The van der Waals surface area contributed by atoms with Gasteiger partial charge in [0.2, 0.25) is 0 Å². The van der Waals surface area contributed by atoms with E-state index in [-0.39, 0.29) is 0 Å². The number of nitriles is 1. The molecule has 90 valence electrons. The minimum Gasteiger partial charge on any atom is -0.487 e. The zero-order valence-corrected chi connectivity index (χ0v) is 10.2. The highest BCUT2D eigenvalue weighted by molar-refractivity contribution is 5.56. The van der Waals surface area contributed by atoms with Gasteiger partial charge >= 0.3 is 0 Å². The van der Waals surface area contributed by atoms with Crippen molar-refractivity contribution in [2.45, 2.75) is 13.5 Å². The van der Waals surface area contributed by atoms with Gasteiger partial charge < -0.3 is 10.5 Å². The standard InChI is InChI=1S/C15H14N2O/c1-11-2-4-12(5-3-11)10-18-15-7-6-13(9-16)8-14(15)17/h2-8H,10,17H2,1H3. The van der Waals surface area contributed by atoms with Gasteiger partial charge in [0.15, 0.2) is 0 Å². The van der Waals surface area contributed by atoms with Gasteiger partial charge in [-0.3, -0.25) is 0 Å². The van der Waals surface area contributed by atoms with E-state index in [9.17, 15) is 0 Å². The van der Waals surface area contributed by atoms with Crippen LogP contribution in [0.5, 0.6) is 5.75 Å². The number of hydrogen-bond acceptors (Lipinski definition) is 3. The summed E-state index contributed by atoms with van der Waals surface area (Å²) in [5.41, 5.74) is 9.14. The molecule has 0 saturated heterocycles. The van der Waals surface area contributed by atoms with Gasteiger partial charge in [0.1, 0.15) is 12.4 Å². The molecule has 0 unspecified atom stereocenters. The van der Waals surface area contributed by atoms with Gasteiger partial charge in [0.05, 0.1) is 17.3 Å². The first kappa shape index (κ1) is 12.0. The van der Waals surface area contributed by atoms with Crippen molar-refractivity contribution < 1.29 is 4.74 Å². The van der Waals surface area contributed by atoms with Crippen molar-refractivity contribution in [3.63, 3.8) is 0 Å². The van der Waals surface area contributed by atoms with Crippen LogP contribution in [0.15, 0.2) is 42.5 Å². The molecule has 2 aromatic carbocycles. The van der Waals surface area contributed by atoms with E-state index in [1.807, 2.05) is 37.3 Å². The Labute approximate surface area is 106 Å². The number of benzene rings is 2. The second-order valence-corrected chi connectivity index (χ2v) is 4.14. The Kier molecular flexibility index (Phi) is 3.49. The molecule has 0 aliphatic heterocycles. The molecule has 18 heavy (non-hydrogen) atoms. The van der Waals surface area contributed by atoms with Crippen molar-refractivity contribution in [1.82, 2.24) is 0 Å². The maximum absolute atomic E-state index is 8.74. The van der Waals surface area contributed by atoms with Gasteiger partial charge in [0, 0.05) is 0 Å². The van der Waals surface area contributed by atoms with Crippen molar-refractivity contribution in [2.75, 3.05) is 5.73 Å². The maximum atomic E-state index is 8.74. The molecule has 0 amide bonds. The molecular formula is C15H14N2O. The van der Waals surface area contributed by atoms with E-state index >= 15 is 0 Å². The average Bonchev–Trinajstić information content (AvgIpc) is 2.39. The Balaban J connectivity index is 2.06. The predicted molar refractivity (Wildman–Crippen MR) is 71.1 cm³/mol. The second-order valence-electron chi connectivity index (χ2n) is 4.14. The summed E-state index contributed by atoms with van der Waals surface area (Å²) in [5, 5.41) is 8.74. The van der Waals surface area contributed by atoms with Gasteiger partial charge in [-0.2, -0.15) is 5.26 Å². The molecule has 0 heterocycles. The van der Waals surface area contributed by atoms with Crippen LogP contribution < -0.4 is 10.5 Å². The molecule has 2 aromatic rings.